The van der Waals surface area contributed by atoms with Crippen LogP contribution in [0.25, 0.3) is 0 Å². The standard InChI is InChI=1S/C9H16F5N/c1-6(2)15(7(3)4)5-8(10,11)9(12,13)14/h6-7H,5H2,1-4H3. The molecule has 0 aliphatic heterocycles. The molecule has 0 atom stereocenters. The second-order valence-corrected chi connectivity index (χ2v) is 4.06. The van der Waals surface area contributed by atoms with E-state index >= 15 is 0 Å². The van der Waals surface area contributed by atoms with Crippen LogP contribution in [-0.4, -0.2) is 35.6 Å². The Hall–Kier alpha value is -0.390. The summed E-state index contributed by atoms with van der Waals surface area (Å²) in [5.74, 6) is -4.65. The molecule has 0 radical (unpaired) electrons. The Balaban J connectivity index is 4.68. The second kappa shape index (κ2) is 4.63. The summed E-state index contributed by atoms with van der Waals surface area (Å²) in [7, 11) is 0. The summed E-state index contributed by atoms with van der Waals surface area (Å²) in [6, 6.07) is -0.698. The van der Waals surface area contributed by atoms with Crippen LogP contribution in [0.1, 0.15) is 27.7 Å². The third-order valence-corrected chi connectivity index (χ3v) is 2.12. The minimum Gasteiger partial charge on any atom is -0.292 e. The van der Waals surface area contributed by atoms with Crippen LogP contribution in [0.5, 0.6) is 0 Å². The van der Waals surface area contributed by atoms with E-state index in [9.17, 15) is 22.0 Å². The molecule has 6 heteroatoms. The molecule has 0 aromatic rings. The first-order chi connectivity index (χ1) is 6.49. The van der Waals surface area contributed by atoms with Crippen LogP contribution in [0.2, 0.25) is 0 Å². The number of alkyl halides is 5. The highest BCUT2D eigenvalue weighted by Crippen LogP contribution is 2.36. The fourth-order valence-corrected chi connectivity index (χ4v) is 1.28. The molecule has 92 valence electrons. The Morgan fingerprint density at radius 3 is 1.40 bits per heavy atom. The zero-order valence-electron chi connectivity index (χ0n) is 9.20. The normalized spacial score (nSPS) is 14.4. The van der Waals surface area contributed by atoms with Gasteiger partial charge in [0.1, 0.15) is 0 Å². The van der Waals surface area contributed by atoms with Crippen molar-refractivity contribution < 1.29 is 22.0 Å². The average molecular weight is 233 g/mol. The Morgan fingerprint density at radius 1 is 0.867 bits per heavy atom. The fourth-order valence-electron chi connectivity index (χ4n) is 1.28. The Labute approximate surface area is 86.2 Å². The van der Waals surface area contributed by atoms with Crippen LogP contribution in [0.3, 0.4) is 0 Å². The monoisotopic (exact) mass is 233 g/mol. The molecule has 15 heavy (non-hydrogen) atoms. The van der Waals surface area contributed by atoms with E-state index in [1.165, 1.54) is 0 Å². The largest absolute Gasteiger partial charge is 0.454 e. The van der Waals surface area contributed by atoms with Crippen molar-refractivity contribution in [2.75, 3.05) is 6.54 Å². The van der Waals surface area contributed by atoms with Crippen molar-refractivity contribution in [3.63, 3.8) is 0 Å². The van der Waals surface area contributed by atoms with Crippen molar-refractivity contribution in [3.8, 4) is 0 Å². The predicted octanol–water partition coefficient (Wildman–Crippen LogP) is 3.30. The molecular weight excluding hydrogens is 217 g/mol. The zero-order valence-corrected chi connectivity index (χ0v) is 9.20. The molecule has 0 saturated carbocycles. The van der Waals surface area contributed by atoms with E-state index in [0.717, 1.165) is 4.90 Å². The van der Waals surface area contributed by atoms with Crippen LogP contribution < -0.4 is 0 Å². The van der Waals surface area contributed by atoms with Gasteiger partial charge < -0.3 is 0 Å². The molecule has 0 saturated heterocycles. The molecule has 0 N–H and O–H groups in total. The highest BCUT2D eigenvalue weighted by atomic mass is 19.4. The van der Waals surface area contributed by atoms with Crippen LogP contribution in [0.15, 0.2) is 0 Å². The molecule has 0 amide bonds. The average Bonchev–Trinajstić information content (AvgIpc) is 1.96. The molecule has 0 heterocycles. The first-order valence-corrected chi connectivity index (χ1v) is 4.69. The SMILES string of the molecule is CC(C)N(CC(F)(F)C(F)(F)F)C(C)C. The lowest BCUT2D eigenvalue weighted by atomic mass is 10.2. The lowest BCUT2D eigenvalue weighted by molar-refractivity contribution is -0.288. The van der Waals surface area contributed by atoms with E-state index in [-0.39, 0.29) is 12.1 Å². The first kappa shape index (κ1) is 14.6. The maximum absolute atomic E-state index is 12.7. The smallest absolute Gasteiger partial charge is 0.292 e. The molecular formula is C9H16F5N. The third-order valence-electron chi connectivity index (χ3n) is 2.12. The van der Waals surface area contributed by atoms with Crippen LogP contribution in [-0.2, 0) is 0 Å². The third kappa shape index (κ3) is 3.93. The number of hydrogen-bond donors (Lipinski definition) is 0. The van der Waals surface area contributed by atoms with Gasteiger partial charge in [-0.25, -0.2) is 0 Å². The van der Waals surface area contributed by atoms with Crippen molar-refractivity contribution in [1.29, 1.82) is 0 Å². The zero-order chi connectivity index (χ0) is 12.4. The molecule has 0 aromatic heterocycles. The van der Waals surface area contributed by atoms with Gasteiger partial charge in [0.05, 0.1) is 6.54 Å². The van der Waals surface area contributed by atoms with Gasteiger partial charge in [0, 0.05) is 12.1 Å². The molecule has 0 aliphatic rings. The van der Waals surface area contributed by atoms with Crippen molar-refractivity contribution in [1.82, 2.24) is 4.90 Å². The van der Waals surface area contributed by atoms with Gasteiger partial charge in [-0.15, -0.1) is 0 Å². The van der Waals surface area contributed by atoms with Gasteiger partial charge in [-0.1, -0.05) is 0 Å². The van der Waals surface area contributed by atoms with Gasteiger partial charge >= 0.3 is 12.1 Å². The van der Waals surface area contributed by atoms with Crippen molar-refractivity contribution in [2.24, 2.45) is 0 Å². The summed E-state index contributed by atoms with van der Waals surface area (Å²) >= 11 is 0. The highest BCUT2D eigenvalue weighted by Gasteiger charge is 2.58. The van der Waals surface area contributed by atoms with Gasteiger partial charge in [0.15, 0.2) is 0 Å². The summed E-state index contributed by atoms with van der Waals surface area (Å²) in [6.07, 6.45) is -5.48. The van der Waals surface area contributed by atoms with Crippen molar-refractivity contribution >= 4 is 0 Å². The van der Waals surface area contributed by atoms with Gasteiger partial charge in [-0.05, 0) is 27.7 Å². The van der Waals surface area contributed by atoms with Crippen LogP contribution >= 0.6 is 0 Å². The van der Waals surface area contributed by atoms with Crippen molar-refractivity contribution in [3.05, 3.63) is 0 Å². The van der Waals surface area contributed by atoms with E-state index in [4.69, 9.17) is 0 Å². The van der Waals surface area contributed by atoms with E-state index in [1.54, 1.807) is 27.7 Å². The van der Waals surface area contributed by atoms with Gasteiger partial charge in [-0.2, -0.15) is 22.0 Å². The number of halogens is 5. The summed E-state index contributed by atoms with van der Waals surface area (Å²) in [5.41, 5.74) is 0. The summed E-state index contributed by atoms with van der Waals surface area (Å²) < 4.78 is 61.3. The predicted molar refractivity (Wildman–Crippen MR) is 48.0 cm³/mol. The maximum Gasteiger partial charge on any atom is 0.454 e. The van der Waals surface area contributed by atoms with E-state index in [1.807, 2.05) is 0 Å². The van der Waals surface area contributed by atoms with E-state index < -0.39 is 18.6 Å². The lowest BCUT2D eigenvalue weighted by Crippen LogP contribution is -2.51. The minimum absolute atomic E-state index is 0.349. The molecule has 0 aromatic carbocycles. The first-order valence-electron chi connectivity index (χ1n) is 4.69. The summed E-state index contributed by atoms with van der Waals surface area (Å²) in [6.45, 7) is 5.07. The number of nitrogens with zero attached hydrogens (tertiary/aromatic N) is 1. The highest BCUT2D eigenvalue weighted by molar-refractivity contribution is 4.82. The van der Waals surface area contributed by atoms with E-state index in [0.29, 0.717) is 0 Å². The quantitative estimate of drug-likeness (QED) is 0.673. The molecule has 0 bridgehead atoms. The molecule has 0 fully saturated rings. The Kier molecular flexibility index (Phi) is 4.51. The van der Waals surface area contributed by atoms with Crippen LogP contribution in [0.4, 0.5) is 22.0 Å². The van der Waals surface area contributed by atoms with E-state index in [2.05, 4.69) is 0 Å². The molecule has 1 nitrogen and oxygen atoms in total. The molecule has 0 unspecified atom stereocenters. The Bertz CT molecular complexity index is 189. The topological polar surface area (TPSA) is 3.24 Å². The van der Waals surface area contributed by atoms with Gasteiger partial charge in [-0.3, -0.25) is 4.90 Å². The fraction of sp³-hybridized carbons (Fsp3) is 1.00. The number of rotatable bonds is 4. The Morgan fingerprint density at radius 2 is 1.20 bits per heavy atom. The summed E-state index contributed by atoms with van der Waals surface area (Å²) in [5, 5.41) is 0. The molecule has 0 spiro atoms. The lowest BCUT2D eigenvalue weighted by Gasteiger charge is -2.34. The minimum atomic E-state index is -5.48. The van der Waals surface area contributed by atoms with Crippen molar-refractivity contribution in [2.45, 2.75) is 51.9 Å². The molecule has 0 aliphatic carbocycles. The van der Waals surface area contributed by atoms with Gasteiger partial charge in [0.2, 0.25) is 0 Å². The summed E-state index contributed by atoms with van der Waals surface area (Å²) in [4.78, 5) is 1.12. The van der Waals surface area contributed by atoms with Gasteiger partial charge in [0.25, 0.3) is 0 Å². The molecule has 0 rings (SSSR count). The van der Waals surface area contributed by atoms with Crippen LogP contribution in [0, 0.1) is 0 Å². The number of hydrogen-bond acceptors (Lipinski definition) is 1. The maximum atomic E-state index is 12.7. The second-order valence-electron chi connectivity index (χ2n) is 4.06.